The van der Waals surface area contributed by atoms with Crippen molar-refractivity contribution in [1.29, 1.82) is 0 Å². The Bertz CT molecular complexity index is 981. The molecule has 2 aliphatic rings. The molecular weight excluding hydrogens is 398 g/mol. The molecule has 1 N–H and O–H groups in total. The molecule has 1 amide bonds. The van der Waals surface area contributed by atoms with Crippen molar-refractivity contribution in [2.45, 2.75) is 26.2 Å². The van der Waals surface area contributed by atoms with E-state index in [-0.39, 0.29) is 19.0 Å². The molecule has 0 saturated heterocycles. The van der Waals surface area contributed by atoms with Crippen LogP contribution in [0.5, 0.6) is 11.5 Å². The van der Waals surface area contributed by atoms with Crippen molar-refractivity contribution in [3.8, 4) is 11.5 Å². The summed E-state index contributed by atoms with van der Waals surface area (Å²) in [7, 11) is 0. The van der Waals surface area contributed by atoms with Crippen LogP contribution in [-0.4, -0.2) is 37.9 Å². The third-order valence-corrected chi connectivity index (χ3v) is 5.80. The zero-order valence-electron chi connectivity index (χ0n) is 15.7. The van der Waals surface area contributed by atoms with Gasteiger partial charge in [-0.3, -0.25) is 4.79 Å². The quantitative estimate of drug-likeness (QED) is 0.721. The highest BCUT2D eigenvalue weighted by Gasteiger charge is 2.28. The fourth-order valence-corrected chi connectivity index (χ4v) is 4.61. The topological polar surface area (TPSA) is 100 Å². The molecule has 0 unspecified atom stereocenters. The molecule has 0 radical (unpaired) electrons. The molecule has 1 aromatic heterocycles. The number of ether oxygens (including phenoxy) is 4. The first-order valence-electron chi connectivity index (χ1n) is 9.25. The maximum atomic E-state index is 12.3. The maximum absolute atomic E-state index is 12.3. The van der Waals surface area contributed by atoms with Crippen LogP contribution in [-0.2, 0) is 27.1 Å². The second-order valence-corrected chi connectivity index (χ2v) is 7.58. The Morgan fingerprint density at radius 3 is 2.76 bits per heavy atom. The lowest BCUT2D eigenvalue weighted by atomic mass is 10.1. The number of carbonyl (C=O) groups is 3. The highest BCUT2D eigenvalue weighted by Crippen LogP contribution is 2.39. The summed E-state index contributed by atoms with van der Waals surface area (Å²) >= 11 is 1.37. The fraction of sp³-hybridized carbons (Fsp3) is 0.350. The Morgan fingerprint density at radius 2 is 1.93 bits per heavy atom. The van der Waals surface area contributed by atoms with Gasteiger partial charge in [0, 0.05) is 4.88 Å². The first-order valence-corrected chi connectivity index (χ1v) is 10.1. The van der Waals surface area contributed by atoms with Crippen LogP contribution in [0.2, 0.25) is 0 Å². The Kier molecular flexibility index (Phi) is 5.39. The molecule has 1 aliphatic heterocycles. The van der Waals surface area contributed by atoms with Gasteiger partial charge in [-0.15, -0.1) is 11.3 Å². The van der Waals surface area contributed by atoms with Gasteiger partial charge in [0.05, 0.1) is 17.7 Å². The van der Waals surface area contributed by atoms with Gasteiger partial charge in [-0.1, -0.05) is 0 Å². The average Bonchev–Trinajstić information content (AvgIpc) is 3.41. The van der Waals surface area contributed by atoms with Crippen molar-refractivity contribution in [2.75, 3.05) is 25.3 Å². The van der Waals surface area contributed by atoms with Crippen molar-refractivity contribution in [3.63, 3.8) is 0 Å². The van der Waals surface area contributed by atoms with E-state index < -0.39 is 24.5 Å². The van der Waals surface area contributed by atoms with Crippen molar-refractivity contribution in [2.24, 2.45) is 0 Å². The second-order valence-electron chi connectivity index (χ2n) is 6.47. The molecular formula is C20H19NO7S. The number of amides is 1. The van der Waals surface area contributed by atoms with Crippen LogP contribution in [0.1, 0.15) is 44.5 Å². The molecule has 0 atom stereocenters. The minimum Gasteiger partial charge on any atom is -0.462 e. The number of aryl methyl sites for hydroxylation is 1. The Labute approximate surface area is 170 Å². The number of rotatable bonds is 6. The molecule has 29 heavy (non-hydrogen) atoms. The predicted octanol–water partition coefficient (Wildman–Crippen LogP) is 2.94. The van der Waals surface area contributed by atoms with Crippen LogP contribution in [0.25, 0.3) is 0 Å². The Balaban J connectivity index is 1.40. The molecule has 0 saturated carbocycles. The molecule has 4 rings (SSSR count). The fourth-order valence-electron chi connectivity index (χ4n) is 3.31. The van der Waals surface area contributed by atoms with Crippen molar-refractivity contribution < 1.29 is 33.3 Å². The molecule has 0 bridgehead atoms. The second kappa shape index (κ2) is 8.12. The van der Waals surface area contributed by atoms with E-state index >= 15 is 0 Å². The number of hydrogen-bond donors (Lipinski definition) is 1. The number of carbonyl (C=O) groups excluding carboxylic acids is 3. The normalized spacial score (nSPS) is 13.7. The van der Waals surface area contributed by atoms with Gasteiger partial charge < -0.3 is 24.3 Å². The van der Waals surface area contributed by atoms with E-state index in [0.29, 0.717) is 22.1 Å². The molecule has 9 heteroatoms. The van der Waals surface area contributed by atoms with Gasteiger partial charge in [0.15, 0.2) is 18.1 Å². The smallest absolute Gasteiger partial charge is 0.341 e. The van der Waals surface area contributed by atoms with E-state index in [2.05, 4.69) is 5.32 Å². The summed E-state index contributed by atoms with van der Waals surface area (Å²) in [5.74, 6) is -0.616. The van der Waals surface area contributed by atoms with E-state index in [9.17, 15) is 14.4 Å². The van der Waals surface area contributed by atoms with E-state index in [1.54, 1.807) is 13.0 Å². The van der Waals surface area contributed by atoms with Gasteiger partial charge >= 0.3 is 11.9 Å². The van der Waals surface area contributed by atoms with Crippen LogP contribution in [0.4, 0.5) is 5.00 Å². The van der Waals surface area contributed by atoms with E-state index in [0.717, 1.165) is 29.7 Å². The van der Waals surface area contributed by atoms with Gasteiger partial charge in [0.1, 0.15) is 5.00 Å². The van der Waals surface area contributed by atoms with E-state index in [4.69, 9.17) is 18.9 Å². The van der Waals surface area contributed by atoms with Crippen LogP contribution < -0.4 is 14.8 Å². The standard InChI is InChI=1S/C20H19NO7S/c1-2-25-20(24)17-12-4-3-5-15(12)29-18(17)21-16(22)9-26-19(23)11-6-7-13-14(8-11)28-10-27-13/h6-8H,2-5,9-10H2,1H3,(H,21,22). The molecule has 8 nitrogen and oxygen atoms in total. The molecule has 2 heterocycles. The van der Waals surface area contributed by atoms with Gasteiger partial charge in [0.25, 0.3) is 5.91 Å². The highest BCUT2D eigenvalue weighted by molar-refractivity contribution is 7.17. The SMILES string of the molecule is CCOC(=O)c1c(NC(=O)COC(=O)c2ccc3c(c2)OCO3)sc2c1CCC2. The van der Waals surface area contributed by atoms with Crippen molar-refractivity contribution in [3.05, 3.63) is 39.8 Å². The highest BCUT2D eigenvalue weighted by atomic mass is 32.1. The summed E-state index contributed by atoms with van der Waals surface area (Å²) in [4.78, 5) is 37.9. The van der Waals surface area contributed by atoms with Crippen molar-refractivity contribution >= 4 is 34.2 Å². The number of thiophene rings is 1. The molecule has 0 fully saturated rings. The number of esters is 2. The molecule has 0 spiro atoms. The summed E-state index contributed by atoms with van der Waals surface area (Å²) in [6.45, 7) is 1.62. The van der Waals surface area contributed by atoms with Crippen molar-refractivity contribution in [1.82, 2.24) is 0 Å². The molecule has 1 aromatic carbocycles. The summed E-state index contributed by atoms with van der Waals surface area (Å²) in [5.41, 5.74) is 1.62. The summed E-state index contributed by atoms with van der Waals surface area (Å²) in [6, 6.07) is 4.65. The van der Waals surface area contributed by atoms with Gasteiger partial charge in [-0.25, -0.2) is 9.59 Å². The number of hydrogen-bond acceptors (Lipinski definition) is 8. The predicted molar refractivity (Wildman–Crippen MR) is 104 cm³/mol. The molecule has 2 aromatic rings. The third-order valence-electron chi connectivity index (χ3n) is 4.60. The van der Waals surface area contributed by atoms with Gasteiger partial charge in [0.2, 0.25) is 6.79 Å². The first-order chi connectivity index (χ1) is 14.1. The maximum Gasteiger partial charge on any atom is 0.341 e. The monoisotopic (exact) mass is 417 g/mol. The zero-order chi connectivity index (χ0) is 20.4. The Hall–Kier alpha value is -3.07. The minimum absolute atomic E-state index is 0.101. The summed E-state index contributed by atoms with van der Waals surface area (Å²) in [5, 5.41) is 3.13. The number of anilines is 1. The summed E-state index contributed by atoms with van der Waals surface area (Å²) < 4.78 is 20.6. The number of nitrogens with one attached hydrogen (secondary N) is 1. The zero-order valence-corrected chi connectivity index (χ0v) is 16.6. The lowest BCUT2D eigenvalue weighted by Gasteiger charge is -2.09. The van der Waals surface area contributed by atoms with Crippen LogP contribution in [0.15, 0.2) is 18.2 Å². The van der Waals surface area contributed by atoms with Crippen LogP contribution in [0.3, 0.4) is 0 Å². The van der Waals surface area contributed by atoms with Crippen LogP contribution >= 0.6 is 11.3 Å². The molecule has 1 aliphatic carbocycles. The lowest BCUT2D eigenvalue weighted by molar-refractivity contribution is -0.119. The van der Waals surface area contributed by atoms with E-state index in [1.165, 1.54) is 23.5 Å². The molecule has 152 valence electrons. The first kappa shape index (κ1) is 19.3. The number of benzene rings is 1. The van der Waals surface area contributed by atoms with Gasteiger partial charge in [-0.05, 0) is 49.9 Å². The van der Waals surface area contributed by atoms with Gasteiger partial charge in [-0.2, -0.15) is 0 Å². The average molecular weight is 417 g/mol. The minimum atomic E-state index is -0.655. The lowest BCUT2D eigenvalue weighted by Crippen LogP contribution is -2.22. The van der Waals surface area contributed by atoms with E-state index in [1.807, 2.05) is 0 Å². The van der Waals surface area contributed by atoms with Crippen LogP contribution in [0, 0.1) is 0 Å². The summed E-state index contributed by atoms with van der Waals surface area (Å²) in [6.07, 6.45) is 2.64. The third kappa shape index (κ3) is 3.91. The largest absolute Gasteiger partial charge is 0.462 e. The Morgan fingerprint density at radius 1 is 1.10 bits per heavy atom. The number of fused-ring (bicyclic) bond motifs is 2.